The lowest BCUT2D eigenvalue weighted by Gasteiger charge is -2.44. The summed E-state index contributed by atoms with van der Waals surface area (Å²) in [4.78, 5) is 2.51. The lowest BCUT2D eigenvalue weighted by Crippen LogP contribution is -2.50. The van der Waals surface area contributed by atoms with Crippen molar-refractivity contribution in [2.45, 2.75) is 58.4 Å². The Bertz CT molecular complexity index is 227. The van der Waals surface area contributed by atoms with Crippen LogP contribution in [0.25, 0.3) is 0 Å². The van der Waals surface area contributed by atoms with Gasteiger partial charge < -0.3 is 0 Å². The Hall–Kier alpha value is -0.550. The number of hydrogen-bond donors (Lipinski definition) is 0. The highest BCUT2D eigenvalue weighted by Crippen LogP contribution is 2.30. The Kier molecular flexibility index (Phi) is 4.60. The maximum atomic E-state index is 8.97. The van der Waals surface area contributed by atoms with E-state index in [1.807, 2.05) is 0 Å². The Labute approximate surface area is 94.3 Å². The zero-order chi connectivity index (χ0) is 11.3. The fourth-order valence-electron chi connectivity index (χ4n) is 2.34. The van der Waals surface area contributed by atoms with E-state index in [0.717, 1.165) is 19.4 Å². The van der Waals surface area contributed by atoms with E-state index in [0.29, 0.717) is 5.54 Å². The number of likely N-dealkylation sites (tertiary alicyclic amines) is 1. The zero-order valence-corrected chi connectivity index (χ0v) is 10.4. The molecule has 1 aliphatic heterocycles. The maximum Gasteiger partial charge on any atom is 0.0669 e. The summed E-state index contributed by atoms with van der Waals surface area (Å²) in [6.45, 7) is 9.00. The van der Waals surface area contributed by atoms with Gasteiger partial charge in [-0.25, -0.2) is 0 Å². The van der Waals surface area contributed by atoms with Crippen LogP contribution in [0, 0.1) is 17.2 Å². The minimum Gasteiger partial charge on any atom is -0.297 e. The molecule has 15 heavy (non-hydrogen) atoms. The molecule has 0 aromatic heterocycles. The summed E-state index contributed by atoms with van der Waals surface area (Å²) < 4.78 is 0. The molecule has 1 heterocycles. The van der Waals surface area contributed by atoms with Gasteiger partial charge in [0.05, 0.1) is 12.0 Å². The first kappa shape index (κ1) is 12.5. The molecule has 1 atom stereocenters. The number of piperidine rings is 1. The highest BCUT2D eigenvalue weighted by Gasteiger charge is 2.33. The molecule has 0 saturated carbocycles. The molecule has 86 valence electrons. The minimum absolute atomic E-state index is 0.264. The van der Waals surface area contributed by atoms with Crippen LogP contribution in [-0.2, 0) is 0 Å². The summed E-state index contributed by atoms with van der Waals surface area (Å²) in [5, 5.41) is 8.97. The molecule has 1 aliphatic rings. The van der Waals surface area contributed by atoms with E-state index >= 15 is 0 Å². The van der Waals surface area contributed by atoms with Crippen molar-refractivity contribution in [3.8, 4) is 6.07 Å². The van der Waals surface area contributed by atoms with Crippen LogP contribution >= 0.6 is 0 Å². The minimum atomic E-state index is 0.264. The number of nitriles is 1. The Morgan fingerprint density at radius 1 is 1.40 bits per heavy atom. The van der Waals surface area contributed by atoms with Crippen LogP contribution in [0.2, 0.25) is 0 Å². The molecule has 1 rings (SSSR count). The van der Waals surface area contributed by atoms with Gasteiger partial charge in [-0.1, -0.05) is 19.8 Å². The van der Waals surface area contributed by atoms with Crippen molar-refractivity contribution in [2.24, 2.45) is 5.92 Å². The topological polar surface area (TPSA) is 27.0 Å². The predicted octanol–water partition coefficient (Wildman–Crippen LogP) is 3.19. The van der Waals surface area contributed by atoms with E-state index in [1.165, 1.54) is 25.8 Å². The molecule has 1 fully saturated rings. The monoisotopic (exact) mass is 208 g/mol. The van der Waals surface area contributed by atoms with E-state index in [9.17, 15) is 0 Å². The maximum absolute atomic E-state index is 8.97. The van der Waals surface area contributed by atoms with Gasteiger partial charge in [0, 0.05) is 12.1 Å². The number of rotatable bonds is 4. The Balaban J connectivity index is 2.46. The van der Waals surface area contributed by atoms with Crippen LogP contribution in [0.15, 0.2) is 0 Å². The summed E-state index contributed by atoms with van der Waals surface area (Å²) in [5.41, 5.74) is 0.307. The molecule has 1 unspecified atom stereocenters. The van der Waals surface area contributed by atoms with E-state index in [2.05, 4.69) is 31.7 Å². The SMILES string of the molecule is CCCCCN1CC(C#N)CCC1(C)C. The highest BCUT2D eigenvalue weighted by atomic mass is 15.2. The summed E-state index contributed by atoms with van der Waals surface area (Å²) in [6, 6.07) is 2.42. The van der Waals surface area contributed by atoms with Crippen LogP contribution in [-0.4, -0.2) is 23.5 Å². The van der Waals surface area contributed by atoms with Crippen LogP contribution in [0.3, 0.4) is 0 Å². The lowest BCUT2D eigenvalue weighted by atomic mass is 9.85. The molecular weight excluding hydrogens is 184 g/mol. The third kappa shape index (κ3) is 3.50. The zero-order valence-electron chi connectivity index (χ0n) is 10.4. The highest BCUT2D eigenvalue weighted by molar-refractivity contribution is 4.96. The number of hydrogen-bond acceptors (Lipinski definition) is 2. The fourth-order valence-corrected chi connectivity index (χ4v) is 2.34. The van der Waals surface area contributed by atoms with Crippen molar-refractivity contribution >= 4 is 0 Å². The Morgan fingerprint density at radius 3 is 2.73 bits per heavy atom. The first-order chi connectivity index (χ1) is 7.10. The third-order valence-electron chi connectivity index (χ3n) is 3.62. The van der Waals surface area contributed by atoms with Crippen LogP contribution < -0.4 is 0 Å². The average Bonchev–Trinajstić information content (AvgIpc) is 2.21. The molecule has 2 nitrogen and oxygen atoms in total. The quantitative estimate of drug-likeness (QED) is 0.663. The second-order valence-electron chi connectivity index (χ2n) is 5.33. The standard InChI is InChI=1S/C13H24N2/c1-4-5-6-9-15-11-12(10-14)7-8-13(15,2)3/h12H,4-9,11H2,1-3H3. The van der Waals surface area contributed by atoms with Crippen molar-refractivity contribution in [3.05, 3.63) is 0 Å². The molecule has 0 aromatic carbocycles. The number of nitrogens with zero attached hydrogens (tertiary/aromatic N) is 2. The van der Waals surface area contributed by atoms with Crippen molar-refractivity contribution in [2.75, 3.05) is 13.1 Å². The van der Waals surface area contributed by atoms with Gasteiger partial charge in [0.2, 0.25) is 0 Å². The second kappa shape index (κ2) is 5.51. The van der Waals surface area contributed by atoms with Gasteiger partial charge in [-0.05, 0) is 39.7 Å². The molecule has 0 bridgehead atoms. The van der Waals surface area contributed by atoms with Crippen LogP contribution in [0.4, 0.5) is 0 Å². The first-order valence-corrected chi connectivity index (χ1v) is 6.25. The largest absolute Gasteiger partial charge is 0.297 e. The third-order valence-corrected chi connectivity index (χ3v) is 3.62. The molecule has 0 N–H and O–H groups in total. The van der Waals surface area contributed by atoms with Gasteiger partial charge in [-0.3, -0.25) is 4.90 Å². The predicted molar refractivity (Wildman–Crippen MR) is 63.5 cm³/mol. The normalized spacial score (nSPS) is 26.1. The molecule has 2 heteroatoms. The van der Waals surface area contributed by atoms with Crippen molar-refractivity contribution in [3.63, 3.8) is 0 Å². The van der Waals surface area contributed by atoms with Gasteiger partial charge in [-0.15, -0.1) is 0 Å². The van der Waals surface area contributed by atoms with E-state index in [-0.39, 0.29) is 5.92 Å². The van der Waals surface area contributed by atoms with Gasteiger partial charge in [0.15, 0.2) is 0 Å². The van der Waals surface area contributed by atoms with E-state index in [4.69, 9.17) is 5.26 Å². The van der Waals surface area contributed by atoms with Crippen molar-refractivity contribution < 1.29 is 0 Å². The summed E-state index contributed by atoms with van der Waals surface area (Å²) >= 11 is 0. The number of unbranched alkanes of at least 4 members (excludes halogenated alkanes) is 2. The molecule has 1 saturated heterocycles. The van der Waals surface area contributed by atoms with Crippen molar-refractivity contribution in [1.82, 2.24) is 4.90 Å². The smallest absolute Gasteiger partial charge is 0.0669 e. The van der Waals surface area contributed by atoms with Crippen LogP contribution in [0.1, 0.15) is 52.9 Å². The average molecular weight is 208 g/mol. The second-order valence-corrected chi connectivity index (χ2v) is 5.33. The molecule has 0 spiro atoms. The van der Waals surface area contributed by atoms with Crippen LogP contribution in [0.5, 0.6) is 0 Å². The lowest BCUT2D eigenvalue weighted by molar-refractivity contribution is 0.0577. The Morgan fingerprint density at radius 2 is 2.13 bits per heavy atom. The van der Waals surface area contributed by atoms with Gasteiger partial charge in [0.1, 0.15) is 0 Å². The molecule has 0 amide bonds. The summed E-state index contributed by atoms with van der Waals surface area (Å²) in [5.74, 6) is 0.264. The van der Waals surface area contributed by atoms with Gasteiger partial charge in [0.25, 0.3) is 0 Å². The van der Waals surface area contributed by atoms with Gasteiger partial charge in [-0.2, -0.15) is 5.26 Å². The molecule has 0 aromatic rings. The van der Waals surface area contributed by atoms with Crippen molar-refractivity contribution in [1.29, 1.82) is 5.26 Å². The summed E-state index contributed by atoms with van der Waals surface area (Å²) in [6.07, 6.45) is 6.10. The first-order valence-electron chi connectivity index (χ1n) is 6.25. The molecule has 0 radical (unpaired) electrons. The molecular formula is C13H24N2. The fraction of sp³-hybridized carbons (Fsp3) is 0.923. The summed E-state index contributed by atoms with van der Waals surface area (Å²) in [7, 11) is 0. The van der Waals surface area contributed by atoms with E-state index < -0.39 is 0 Å². The van der Waals surface area contributed by atoms with Gasteiger partial charge >= 0.3 is 0 Å². The van der Waals surface area contributed by atoms with E-state index in [1.54, 1.807) is 0 Å². The molecule has 0 aliphatic carbocycles.